The van der Waals surface area contributed by atoms with E-state index in [4.69, 9.17) is 9.94 Å². The number of benzene rings is 2. The first-order valence-corrected chi connectivity index (χ1v) is 11.4. The Bertz CT molecular complexity index is 1060. The molecule has 3 N–H and O–H groups in total. The van der Waals surface area contributed by atoms with Crippen LogP contribution in [0.3, 0.4) is 0 Å². The number of carbonyl (C=O) groups excluding carboxylic acids is 1. The Morgan fingerprint density at radius 3 is 2.58 bits per heavy atom. The smallest absolute Gasteiger partial charge is 0.266 e. The zero-order valence-corrected chi connectivity index (χ0v) is 18.7. The van der Waals surface area contributed by atoms with E-state index in [0.29, 0.717) is 42.1 Å². The Hall–Kier alpha value is -2.98. The van der Waals surface area contributed by atoms with Gasteiger partial charge in [-0.15, -0.1) is 0 Å². The fourth-order valence-corrected chi connectivity index (χ4v) is 5.16. The Morgan fingerprint density at radius 1 is 1.13 bits per heavy atom. The van der Waals surface area contributed by atoms with E-state index in [1.807, 2.05) is 25.1 Å². The molecular formula is C21H28N4O5S. The standard InChI is InChI=1S/C21H28N4O5S/c1-24(2)15-8-10-17-20(13-15)31(28,29)25(12-6-4-5-7-21(26)23-27)19-11-9-16(30-3)14-18(19)22-17/h8-11,13-14,22,27H,4-7,12H2,1-3H3,(H,23,26). The molecule has 0 aromatic heterocycles. The number of rotatable bonds is 8. The first kappa shape index (κ1) is 22.7. The molecule has 0 spiro atoms. The van der Waals surface area contributed by atoms with Gasteiger partial charge in [0.1, 0.15) is 10.6 Å². The molecule has 0 bridgehead atoms. The first-order valence-electron chi connectivity index (χ1n) is 10.00. The lowest BCUT2D eigenvalue weighted by Gasteiger charge is -2.25. The topological polar surface area (TPSA) is 111 Å². The van der Waals surface area contributed by atoms with Crippen LogP contribution in [0.1, 0.15) is 25.7 Å². The Morgan fingerprint density at radius 2 is 1.90 bits per heavy atom. The number of nitrogens with one attached hydrogen (secondary N) is 2. The Labute approximate surface area is 182 Å². The number of sulfonamides is 1. The van der Waals surface area contributed by atoms with Gasteiger partial charge in [0, 0.05) is 38.8 Å². The molecule has 2 aromatic rings. The lowest BCUT2D eigenvalue weighted by Crippen LogP contribution is -2.31. The summed E-state index contributed by atoms with van der Waals surface area (Å²) < 4.78 is 34.1. The summed E-state index contributed by atoms with van der Waals surface area (Å²) in [5.41, 5.74) is 4.07. The van der Waals surface area contributed by atoms with Crippen LogP contribution < -0.4 is 24.7 Å². The SMILES string of the molecule is COc1ccc2c(c1)Nc1ccc(N(C)C)cc1S(=O)(=O)N2CCCCCC(=O)NO. The molecule has 1 aliphatic rings. The van der Waals surface area contributed by atoms with Gasteiger partial charge in [0.2, 0.25) is 5.91 Å². The average molecular weight is 449 g/mol. The highest BCUT2D eigenvalue weighted by Gasteiger charge is 2.32. The van der Waals surface area contributed by atoms with Gasteiger partial charge in [0.05, 0.1) is 24.2 Å². The van der Waals surface area contributed by atoms with Gasteiger partial charge >= 0.3 is 0 Å². The van der Waals surface area contributed by atoms with Crippen LogP contribution in [0.4, 0.5) is 22.7 Å². The highest BCUT2D eigenvalue weighted by Crippen LogP contribution is 2.42. The molecule has 0 fully saturated rings. The molecule has 168 valence electrons. The third kappa shape index (κ3) is 4.86. The summed E-state index contributed by atoms with van der Waals surface area (Å²) >= 11 is 0. The summed E-state index contributed by atoms with van der Waals surface area (Å²) in [6.45, 7) is 0.260. The fourth-order valence-electron chi connectivity index (χ4n) is 3.47. The predicted molar refractivity (Wildman–Crippen MR) is 120 cm³/mol. The third-order valence-corrected chi connectivity index (χ3v) is 7.03. The zero-order valence-electron chi connectivity index (χ0n) is 17.9. The maximum absolute atomic E-state index is 13.7. The van der Waals surface area contributed by atoms with Gasteiger partial charge in [-0.1, -0.05) is 6.42 Å². The molecule has 0 saturated carbocycles. The van der Waals surface area contributed by atoms with Gasteiger partial charge < -0.3 is 15.0 Å². The van der Waals surface area contributed by atoms with Crippen molar-refractivity contribution in [2.75, 3.05) is 42.3 Å². The lowest BCUT2D eigenvalue weighted by molar-refractivity contribution is -0.129. The van der Waals surface area contributed by atoms with Crippen molar-refractivity contribution in [3.63, 3.8) is 0 Å². The van der Waals surface area contributed by atoms with Crippen molar-refractivity contribution in [1.29, 1.82) is 0 Å². The maximum atomic E-state index is 13.7. The van der Waals surface area contributed by atoms with Crippen LogP contribution >= 0.6 is 0 Å². The number of amides is 1. The zero-order chi connectivity index (χ0) is 22.6. The minimum Gasteiger partial charge on any atom is -0.497 e. The van der Waals surface area contributed by atoms with E-state index in [-0.39, 0.29) is 17.9 Å². The number of nitrogens with zero attached hydrogens (tertiary/aromatic N) is 2. The Balaban J connectivity index is 1.97. The summed E-state index contributed by atoms with van der Waals surface area (Å²) in [4.78, 5) is 13.2. The molecule has 3 rings (SSSR count). The normalized spacial score (nSPS) is 14.0. The van der Waals surface area contributed by atoms with E-state index < -0.39 is 15.9 Å². The fraction of sp³-hybridized carbons (Fsp3) is 0.381. The molecule has 0 atom stereocenters. The molecule has 1 amide bonds. The second-order valence-corrected chi connectivity index (χ2v) is 9.34. The number of hydrogen-bond donors (Lipinski definition) is 3. The van der Waals surface area contributed by atoms with E-state index in [2.05, 4.69) is 5.32 Å². The van der Waals surface area contributed by atoms with Gasteiger partial charge in [0.25, 0.3) is 10.0 Å². The van der Waals surface area contributed by atoms with Crippen LogP contribution in [-0.2, 0) is 14.8 Å². The number of hydrogen-bond acceptors (Lipinski definition) is 7. The number of anilines is 4. The number of hydroxylamine groups is 1. The van der Waals surface area contributed by atoms with Crippen molar-refractivity contribution in [2.24, 2.45) is 0 Å². The number of fused-ring (bicyclic) bond motifs is 2. The van der Waals surface area contributed by atoms with Gasteiger partial charge in [-0.2, -0.15) is 0 Å². The second-order valence-electron chi connectivity index (χ2n) is 7.51. The van der Waals surface area contributed by atoms with Crippen molar-refractivity contribution in [3.8, 4) is 5.75 Å². The highest BCUT2D eigenvalue weighted by molar-refractivity contribution is 7.93. The number of methoxy groups -OCH3 is 1. The minimum absolute atomic E-state index is 0.188. The summed E-state index contributed by atoms with van der Waals surface area (Å²) in [6.07, 6.45) is 1.94. The molecule has 31 heavy (non-hydrogen) atoms. The monoisotopic (exact) mass is 448 g/mol. The van der Waals surface area contributed by atoms with Gasteiger partial charge in [-0.25, -0.2) is 13.9 Å². The van der Waals surface area contributed by atoms with Crippen LogP contribution in [0, 0.1) is 0 Å². The first-order chi connectivity index (χ1) is 14.8. The van der Waals surface area contributed by atoms with Crippen LogP contribution in [0.2, 0.25) is 0 Å². The number of unbranched alkanes of at least 4 members (excludes halogenated alkanes) is 2. The number of ether oxygens (including phenoxy) is 1. The van der Waals surface area contributed by atoms with Crippen molar-refractivity contribution >= 4 is 38.7 Å². The van der Waals surface area contributed by atoms with Crippen molar-refractivity contribution < 1.29 is 23.2 Å². The van der Waals surface area contributed by atoms with E-state index in [1.54, 1.807) is 42.9 Å². The third-order valence-electron chi connectivity index (χ3n) is 5.18. The van der Waals surface area contributed by atoms with E-state index >= 15 is 0 Å². The van der Waals surface area contributed by atoms with Gasteiger partial charge in [-0.05, 0) is 43.2 Å². The maximum Gasteiger partial charge on any atom is 0.266 e. The van der Waals surface area contributed by atoms with Crippen LogP contribution in [0.25, 0.3) is 0 Å². The summed E-state index contributed by atoms with van der Waals surface area (Å²) in [5, 5.41) is 11.8. The molecule has 1 aliphatic heterocycles. The molecule has 2 aromatic carbocycles. The lowest BCUT2D eigenvalue weighted by atomic mass is 10.1. The number of carbonyl (C=O) groups is 1. The molecule has 0 saturated heterocycles. The predicted octanol–water partition coefficient (Wildman–Crippen LogP) is 3.08. The molecule has 1 heterocycles. The summed E-state index contributed by atoms with van der Waals surface area (Å²) in [7, 11) is 1.45. The van der Waals surface area contributed by atoms with Crippen LogP contribution in [-0.4, -0.2) is 47.3 Å². The van der Waals surface area contributed by atoms with Gasteiger partial charge in [0.15, 0.2) is 0 Å². The molecular weight excluding hydrogens is 420 g/mol. The Kier molecular flexibility index (Phi) is 6.91. The van der Waals surface area contributed by atoms with Crippen molar-refractivity contribution in [3.05, 3.63) is 36.4 Å². The van der Waals surface area contributed by atoms with Gasteiger partial charge in [-0.3, -0.25) is 14.3 Å². The largest absolute Gasteiger partial charge is 0.497 e. The van der Waals surface area contributed by atoms with Crippen LogP contribution in [0.15, 0.2) is 41.3 Å². The van der Waals surface area contributed by atoms with E-state index in [9.17, 15) is 13.2 Å². The van der Waals surface area contributed by atoms with Crippen LogP contribution in [0.5, 0.6) is 5.75 Å². The quantitative estimate of drug-likeness (QED) is 0.323. The highest BCUT2D eigenvalue weighted by atomic mass is 32.2. The second kappa shape index (κ2) is 9.44. The summed E-state index contributed by atoms with van der Waals surface area (Å²) in [5.74, 6) is 0.168. The molecule has 0 aliphatic carbocycles. The molecule has 0 radical (unpaired) electrons. The van der Waals surface area contributed by atoms with E-state index in [0.717, 1.165) is 5.69 Å². The summed E-state index contributed by atoms with van der Waals surface area (Å²) in [6, 6.07) is 10.5. The van der Waals surface area contributed by atoms with E-state index in [1.165, 1.54) is 4.31 Å². The van der Waals surface area contributed by atoms with Crippen molar-refractivity contribution in [1.82, 2.24) is 5.48 Å². The molecule has 9 nitrogen and oxygen atoms in total. The van der Waals surface area contributed by atoms with Crippen molar-refractivity contribution in [2.45, 2.75) is 30.6 Å². The molecule has 0 unspecified atom stereocenters. The minimum atomic E-state index is -3.83. The average Bonchev–Trinajstić information content (AvgIpc) is 2.84. The molecule has 10 heteroatoms.